The van der Waals surface area contributed by atoms with Crippen molar-refractivity contribution in [2.24, 2.45) is 0 Å². The number of carbonyl (C=O) groups excluding carboxylic acids is 1. The lowest BCUT2D eigenvalue weighted by Gasteiger charge is -2.13. The van der Waals surface area contributed by atoms with Crippen LogP contribution < -0.4 is 15.4 Å². The standard InChI is InChI=1S/C13H16F2N2O2S/c1-2-3-8-11(18)17-13(20)16-9-6-4-5-7-10(9)19-12(14)15/h4-7,12H,2-3,8H2,1H3,(H2,16,17,18,20). The first-order valence-corrected chi connectivity index (χ1v) is 6.58. The minimum atomic E-state index is -2.93. The third-order valence-electron chi connectivity index (χ3n) is 2.36. The van der Waals surface area contributed by atoms with Gasteiger partial charge in [-0.2, -0.15) is 8.78 Å². The van der Waals surface area contributed by atoms with E-state index in [1.54, 1.807) is 12.1 Å². The summed E-state index contributed by atoms with van der Waals surface area (Å²) in [5.74, 6) is -0.246. The highest BCUT2D eigenvalue weighted by Gasteiger charge is 2.11. The molecule has 0 saturated carbocycles. The van der Waals surface area contributed by atoms with Gasteiger partial charge in [0.2, 0.25) is 5.91 Å². The van der Waals surface area contributed by atoms with E-state index in [2.05, 4.69) is 15.4 Å². The summed E-state index contributed by atoms with van der Waals surface area (Å²) in [5, 5.41) is 5.20. The quantitative estimate of drug-likeness (QED) is 0.792. The van der Waals surface area contributed by atoms with Crippen LogP contribution in [0, 0.1) is 0 Å². The molecule has 0 aliphatic carbocycles. The molecule has 0 aliphatic heterocycles. The lowest BCUT2D eigenvalue weighted by Crippen LogP contribution is -2.34. The first-order chi connectivity index (χ1) is 9.52. The second-order valence-electron chi connectivity index (χ2n) is 3.98. The number of alkyl halides is 2. The molecule has 0 aromatic heterocycles. The maximum atomic E-state index is 12.2. The van der Waals surface area contributed by atoms with Crippen LogP contribution in [0.4, 0.5) is 14.5 Å². The number of rotatable bonds is 6. The summed E-state index contributed by atoms with van der Waals surface area (Å²) < 4.78 is 28.8. The predicted octanol–water partition coefficient (Wildman–Crippen LogP) is 3.29. The van der Waals surface area contributed by atoms with E-state index in [1.165, 1.54) is 12.1 Å². The number of ether oxygens (including phenoxy) is 1. The van der Waals surface area contributed by atoms with Crippen molar-refractivity contribution in [2.75, 3.05) is 5.32 Å². The first kappa shape index (κ1) is 16.3. The largest absolute Gasteiger partial charge is 0.433 e. The maximum Gasteiger partial charge on any atom is 0.387 e. The molecule has 4 nitrogen and oxygen atoms in total. The number of nitrogens with one attached hydrogen (secondary N) is 2. The smallest absolute Gasteiger partial charge is 0.387 e. The summed E-state index contributed by atoms with van der Waals surface area (Å²) in [6.07, 6.45) is 2.03. The van der Waals surface area contributed by atoms with Crippen LogP contribution in [-0.4, -0.2) is 17.6 Å². The van der Waals surface area contributed by atoms with Crippen LogP contribution in [-0.2, 0) is 4.79 Å². The number of benzene rings is 1. The topological polar surface area (TPSA) is 50.4 Å². The number of para-hydroxylation sites is 2. The Morgan fingerprint density at radius 1 is 1.40 bits per heavy atom. The van der Waals surface area contributed by atoms with Crippen molar-refractivity contribution in [3.05, 3.63) is 24.3 Å². The summed E-state index contributed by atoms with van der Waals surface area (Å²) in [6.45, 7) is -0.951. The molecule has 1 rings (SSSR count). The van der Waals surface area contributed by atoms with E-state index in [-0.39, 0.29) is 22.5 Å². The number of anilines is 1. The van der Waals surface area contributed by atoms with Gasteiger partial charge >= 0.3 is 6.61 Å². The lowest BCUT2D eigenvalue weighted by atomic mass is 10.2. The molecule has 0 bridgehead atoms. The van der Waals surface area contributed by atoms with Crippen LogP contribution in [0.3, 0.4) is 0 Å². The highest BCUT2D eigenvalue weighted by molar-refractivity contribution is 7.80. The van der Waals surface area contributed by atoms with Gasteiger partial charge in [-0.1, -0.05) is 25.5 Å². The van der Waals surface area contributed by atoms with Crippen molar-refractivity contribution < 1.29 is 18.3 Å². The van der Waals surface area contributed by atoms with Crippen molar-refractivity contribution in [3.63, 3.8) is 0 Å². The second kappa shape index (κ2) is 8.42. The first-order valence-electron chi connectivity index (χ1n) is 6.17. The number of halogens is 2. The van der Waals surface area contributed by atoms with E-state index in [9.17, 15) is 13.6 Å². The van der Waals surface area contributed by atoms with Crippen molar-refractivity contribution in [3.8, 4) is 5.75 Å². The van der Waals surface area contributed by atoms with Crippen LogP contribution in [0.25, 0.3) is 0 Å². The van der Waals surface area contributed by atoms with Gasteiger partial charge in [0, 0.05) is 6.42 Å². The van der Waals surface area contributed by atoms with Gasteiger partial charge in [-0.05, 0) is 30.8 Å². The number of unbranched alkanes of at least 4 members (excludes halogenated alkanes) is 1. The Morgan fingerprint density at radius 3 is 2.75 bits per heavy atom. The van der Waals surface area contributed by atoms with Crippen molar-refractivity contribution in [2.45, 2.75) is 32.8 Å². The van der Waals surface area contributed by atoms with E-state index in [0.29, 0.717) is 6.42 Å². The lowest BCUT2D eigenvalue weighted by molar-refractivity contribution is -0.119. The van der Waals surface area contributed by atoms with Gasteiger partial charge in [-0.25, -0.2) is 0 Å². The highest BCUT2D eigenvalue weighted by atomic mass is 32.1. The molecule has 0 atom stereocenters. The van der Waals surface area contributed by atoms with Gasteiger partial charge in [-0.3, -0.25) is 4.79 Å². The zero-order valence-corrected chi connectivity index (χ0v) is 11.8. The van der Waals surface area contributed by atoms with E-state index >= 15 is 0 Å². The molecule has 20 heavy (non-hydrogen) atoms. The van der Waals surface area contributed by atoms with Crippen LogP contribution in [0.2, 0.25) is 0 Å². The number of amides is 1. The van der Waals surface area contributed by atoms with Gasteiger partial charge in [0.15, 0.2) is 5.11 Å². The average Bonchev–Trinajstić information content (AvgIpc) is 2.38. The summed E-state index contributed by atoms with van der Waals surface area (Å²) in [7, 11) is 0. The Balaban J connectivity index is 2.59. The van der Waals surface area contributed by atoms with Gasteiger partial charge in [0.1, 0.15) is 5.75 Å². The van der Waals surface area contributed by atoms with E-state index < -0.39 is 6.61 Å². The fraction of sp³-hybridized carbons (Fsp3) is 0.385. The molecule has 7 heteroatoms. The Morgan fingerprint density at radius 2 is 2.10 bits per heavy atom. The number of hydrogen-bond donors (Lipinski definition) is 2. The summed E-state index contributed by atoms with van der Waals surface area (Å²) in [4.78, 5) is 11.5. The van der Waals surface area contributed by atoms with Crippen LogP contribution >= 0.6 is 12.2 Å². The molecule has 1 aromatic rings. The summed E-state index contributed by atoms with van der Waals surface area (Å²) >= 11 is 4.95. The SMILES string of the molecule is CCCCC(=O)NC(=S)Nc1ccccc1OC(F)F. The molecule has 110 valence electrons. The minimum Gasteiger partial charge on any atom is -0.433 e. The van der Waals surface area contributed by atoms with Gasteiger partial charge < -0.3 is 15.4 Å². The maximum absolute atomic E-state index is 12.2. The average molecular weight is 302 g/mol. The zero-order chi connectivity index (χ0) is 15.0. The monoisotopic (exact) mass is 302 g/mol. The molecule has 0 spiro atoms. The summed E-state index contributed by atoms with van der Waals surface area (Å²) in [6, 6.07) is 6.12. The molecule has 0 unspecified atom stereocenters. The fourth-order valence-corrected chi connectivity index (χ4v) is 1.67. The molecule has 0 radical (unpaired) electrons. The Kier molecular flexibility index (Phi) is 6.86. The van der Waals surface area contributed by atoms with Crippen molar-refractivity contribution in [1.82, 2.24) is 5.32 Å². The molecule has 0 aliphatic rings. The van der Waals surface area contributed by atoms with Gasteiger partial charge in [-0.15, -0.1) is 0 Å². The molecular weight excluding hydrogens is 286 g/mol. The second-order valence-corrected chi connectivity index (χ2v) is 4.39. The van der Waals surface area contributed by atoms with E-state index in [1.807, 2.05) is 6.92 Å². The molecule has 1 amide bonds. The van der Waals surface area contributed by atoms with Gasteiger partial charge in [0.05, 0.1) is 5.69 Å². The third kappa shape index (κ3) is 5.92. The molecule has 0 fully saturated rings. The molecule has 2 N–H and O–H groups in total. The molecule has 1 aromatic carbocycles. The number of thiocarbonyl (C=S) groups is 1. The van der Waals surface area contributed by atoms with Gasteiger partial charge in [0.25, 0.3) is 0 Å². The van der Waals surface area contributed by atoms with E-state index in [0.717, 1.165) is 12.8 Å². The van der Waals surface area contributed by atoms with Crippen LogP contribution in [0.15, 0.2) is 24.3 Å². The van der Waals surface area contributed by atoms with Crippen molar-refractivity contribution in [1.29, 1.82) is 0 Å². The number of hydrogen-bond acceptors (Lipinski definition) is 3. The van der Waals surface area contributed by atoms with Crippen molar-refractivity contribution >= 4 is 28.9 Å². The highest BCUT2D eigenvalue weighted by Crippen LogP contribution is 2.25. The Labute approximate surface area is 121 Å². The normalized spacial score (nSPS) is 10.2. The Hall–Kier alpha value is -1.76. The Bertz CT molecular complexity index is 469. The molecule has 0 heterocycles. The minimum absolute atomic E-state index is 0.0346. The third-order valence-corrected chi connectivity index (χ3v) is 2.57. The predicted molar refractivity (Wildman–Crippen MR) is 77.0 cm³/mol. The van der Waals surface area contributed by atoms with E-state index in [4.69, 9.17) is 12.2 Å². The fourth-order valence-electron chi connectivity index (χ4n) is 1.45. The zero-order valence-electron chi connectivity index (χ0n) is 11.0. The number of carbonyl (C=O) groups is 1. The summed E-state index contributed by atoms with van der Waals surface area (Å²) in [5.41, 5.74) is 0.272. The van der Waals surface area contributed by atoms with Crippen LogP contribution in [0.5, 0.6) is 5.75 Å². The molecule has 0 saturated heterocycles. The van der Waals surface area contributed by atoms with Crippen LogP contribution in [0.1, 0.15) is 26.2 Å². The molecular formula is C13H16F2N2O2S.